The van der Waals surface area contributed by atoms with E-state index in [1.807, 2.05) is 6.92 Å². The average molecular weight is 430 g/mol. The molecular weight excluding hydrogens is 412 g/mol. The first kappa shape index (κ1) is 17.6. The van der Waals surface area contributed by atoms with Crippen molar-refractivity contribution in [3.05, 3.63) is 34.1 Å². The third-order valence-electron chi connectivity index (χ3n) is 2.44. The maximum Gasteiger partial charge on any atom is 0.189 e. The Morgan fingerprint density at radius 3 is 2.78 bits per heavy atom. The van der Waals surface area contributed by atoms with Crippen LogP contribution in [-0.2, 0) is 6.54 Å². The molecule has 1 atom stereocenters. The molecule has 1 unspecified atom stereocenters. The van der Waals surface area contributed by atoms with Gasteiger partial charge in [0.25, 0.3) is 0 Å². The van der Waals surface area contributed by atoms with E-state index in [-0.39, 0.29) is 42.4 Å². The minimum absolute atomic E-state index is 0. The Morgan fingerprint density at radius 1 is 1.56 bits per heavy atom. The zero-order valence-electron chi connectivity index (χ0n) is 10.4. The van der Waals surface area contributed by atoms with Crippen molar-refractivity contribution in [1.82, 2.24) is 5.32 Å². The SMILES string of the molecule is CCC(C)NC(N)=NCc1ccc(Br)cc1F.I. The van der Waals surface area contributed by atoms with E-state index in [1.165, 1.54) is 6.07 Å². The Morgan fingerprint density at radius 2 is 2.22 bits per heavy atom. The van der Waals surface area contributed by atoms with Gasteiger partial charge in [-0.3, -0.25) is 0 Å². The summed E-state index contributed by atoms with van der Waals surface area (Å²) in [6.07, 6.45) is 0.961. The highest BCUT2D eigenvalue weighted by Crippen LogP contribution is 2.15. The maximum atomic E-state index is 13.5. The van der Waals surface area contributed by atoms with Crippen LogP contribution in [0.15, 0.2) is 27.7 Å². The van der Waals surface area contributed by atoms with Crippen LogP contribution in [0.5, 0.6) is 0 Å². The second-order valence-corrected chi connectivity index (χ2v) is 4.81. The normalized spacial score (nSPS) is 12.8. The first-order valence-corrected chi connectivity index (χ1v) is 6.32. The summed E-state index contributed by atoms with van der Waals surface area (Å²) in [6.45, 7) is 4.32. The Kier molecular flexibility index (Phi) is 8.51. The predicted octanol–water partition coefficient (Wildman–Crippen LogP) is 3.41. The van der Waals surface area contributed by atoms with Crippen LogP contribution < -0.4 is 11.1 Å². The Balaban J connectivity index is 0.00000289. The molecule has 0 saturated carbocycles. The largest absolute Gasteiger partial charge is 0.370 e. The van der Waals surface area contributed by atoms with Crippen LogP contribution in [0, 0.1) is 5.82 Å². The molecule has 102 valence electrons. The third kappa shape index (κ3) is 5.99. The number of hydrogen-bond donors (Lipinski definition) is 2. The number of aliphatic imine (C=N–C) groups is 1. The molecule has 0 aliphatic carbocycles. The zero-order chi connectivity index (χ0) is 12.8. The van der Waals surface area contributed by atoms with Gasteiger partial charge in [-0.2, -0.15) is 0 Å². The van der Waals surface area contributed by atoms with Crippen LogP contribution in [0.3, 0.4) is 0 Å². The van der Waals surface area contributed by atoms with Gasteiger partial charge in [0.2, 0.25) is 0 Å². The lowest BCUT2D eigenvalue weighted by atomic mass is 10.2. The van der Waals surface area contributed by atoms with Crippen molar-refractivity contribution < 1.29 is 4.39 Å². The highest BCUT2D eigenvalue weighted by Gasteiger charge is 2.03. The van der Waals surface area contributed by atoms with Gasteiger partial charge in [0.15, 0.2) is 5.96 Å². The van der Waals surface area contributed by atoms with Crippen molar-refractivity contribution in [2.45, 2.75) is 32.9 Å². The molecule has 1 aromatic rings. The van der Waals surface area contributed by atoms with Gasteiger partial charge >= 0.3 is 0 Å². The lowest BCUT2D eigenvalue weighted by Crippen LogP contribution is -2.38. The number of benzene rings is 1. The highest BCUT2D eigenvalue weighted by molar-refractivity contribution is 14.0. The summed E-state index contributed by atoms with van der Waals surface area (Å²) in [6, 6.07) is 5.17. The number of nitrogens with zero attached hydrogens (tertiary/aromatic N) is 1. The molecule has 0 heterocycles. The number of hydrogen-bond acceptors (Lipinski definition) is 1. The number of nitrogens with one attached hydrogen (secondary N) is 1. The first-order valence-electron chi connectivity index (χ1n) is 5.53. The molecule has 0 amide bonds. The number of nitrogens with two attached hydrogens (primary N) is 1. The molecule has 0 aliphatic rings. The summed E-state index contributed by atoms with van der Waals surface area (Å²) in [5.41, 5.74) is 6.21. The van der Waals surface area contributed by atoms with E-state index < -0.39 is 0 Å². The summed E-state index contributed by atoms with van der Waals surface area (Å²) in [5, 5.41) is 3.03. The van der Waals surface area contributed by atoms with Gasteiger partial charge in [-0.25, -0.2) is 9.38 Å². The van der Waals surface area contributed by atoms with E-state index in [1.54, 1.807) is 12.1 Å². The van der Waals surface area contributed by atoms with E-state index in [0.717, 1.165) is 6.42 Å². The molecule has 6 heteroatoms. The second-order valence-electron chi connectivity index (χ2n) is 3.89. The van der Waals surface area contributed by atoms with Crippen LogP contribution in [0.1, 0.15) is 25.8 Å². The summed E-state index contributed by atoms with van der Waals surface area (Å²) in [5.74, 6) is 0.0705. The van der Waals surface area contributed by atoms with Crippen molar-refractivity contribution >= 4 is 45.9 Å². The fraction of sp³-hybridized carbons (Fsp3) is 0.417. The van der Waals surface area contributed by atoms with Crippen LogP contribution in [-0.4, -0.2) is 12.0 Å². The highest BCUT2D eigenvalue weighted by atomic mass is 127. The number of guanidine groups is 1. The lowest BCUT2D eigenvalue weighted by Gasteiger charge is -2.11. The predicted molar refractivity (Wildman–Crippen MR) is 87.7 cm³/mol. The molecule has 0 aliphatic heterocycles. The molecule has 18 heavy (non-hydrogen) atoms. The van der Waals surface area contributed by atoms with Gasteiger partial charge in [-0.1, -0.05) is 28.9 Å². The summed E-state index contributed by atoms with van der Waals surface area (Å²) < 4.78 is 14.2. The second kappa shape index (κ2) is 8.68. The minimum atomic E-state index is -0.278. The maximum absolute atomic E-state index is 13.5. The monoisotopic (exact) mass is 429 g/mol. The minimum Gasteiger partial charge on any atom is -0.370 e. The first-order chi connectivity index (χ1) is 8.02. The molecule has 0 saturated heterocycles. The van der Waals surface area contributed by atoms with Crippen molar-refractivity contribution in [1.29, 1.82) is 0 Å². The van der Waals surface area contributed by atoms with Crippen molar-refractivity contribution in [2.75, 3.05) is 0 Å². The van der Waals surface area contributed by atoms with Gasteiger partial charge < -0.3 is 11.1 Å². The quantitative estimate of drug-likeness (QED) is 0.437. The van der Waals surface area contributed by atoms with Gasteiger partial charge in [0.1, 0.15) is 5.82 Å². The van der Waals surface area contributed by atoms with Gasteiger partial charge in [-0.15, -0.1) is 24.0 Å². The Hall–Kier alpha value is -0.370. The molecule has 0 radical (unpaired) electrons. The van der Waals surface area contributed by atoms with Crippen molar-refractivity contribution in [2.24, 2.45) is 10.7 Å². The fourth-order valence-electron chi connectivity index (χ4n) is 1.22. The molecule has 3 nitrogen and oxygen atoms in total. The molecule has 1 aromatic carbocycles. The van der Waals surface area contributed by atoms with Crippen LogP contribution in [0.25, 0.3) is 0 Å². The van der Waals surface area contributed by atoms with Crippen LogP contribution in [0.2, 0.25) is 0 Å². The molecule has 3 N–H and O–H groups in total. The molecule has 0 bridgehead atoms. The van der Waals surface area contributed by atoms with E-state index in [2.05, 4.69) is 33.2 Å². The Labute approximate surface area is 133 Å². The van der Waals surface area contributed by atoms with E-state index in [0.29, 0.717) is 16.0 Å². The molecule has 0 spiro atoms. The average Bonchev–Trinajstić information content (AvgIpc) is 2.27. The topological polar surface area (TPSA) is 50.4 Å². The molecule has 1 rings (SSSR count). The van der Waals surface area contributed by atoms with Crippen molar-refractivity contribution in [3.8, 4) is 0 Å². The van der Waals surface area contributed by atoms with Crippen LogP contribution in [0.4, 0.5) is 4.39 Å². The molecular formula is C12H18BrFIN3. The van der Waals surface area contributed by atoms with E-state index in [4.69, 9.17) is 5.73 Å². The van der Waals surface area contributed by atoms with E-state index >= 15 is 0 Å². The summed E-state index contributed by atoms with van der Waals surface area (Å²) >= 11 is 3.21. The molecule has 0 aromatic heterocycles. The smallest absolute Gasteiger partial charge is 0.189 e. The van der Waals surface area contributed by atoms with Crippen LogP contribution >= 0.6 is 39.9 Å². The fourth-order valence-corrected chi connectivity index (χ4v) is 1.55. The lowest BCUT2D eigenvalue weighted by molar-refractivity contribution is 0.608. The molecule has 0 fully saturated rings. The third-order valence-corrected chi connectivity index (χ3v) is 2.93. The number of rotatable bonds is 4. The zero-order valence-corrected chi connectivity index (χ0v) is 14.3. The van der Waals surface area contributed by atoms with E-state index in [9.17, 15) is 4.39 Å². The Bertz CT molecular complexity index is 412. The van der Waals surface area contributed by atoms with Gasteiger partial charge in [0.05, 0.1) is 6.54 Å². The van der Waals surface area contributed by atoms with Gasteiger partial charge in [0, 0.05) is 16.1 Å². The number of halogens is 3. The van der Waals surface area contributed by atoms with Gasteiger partial charge in [-0.05, 0) is 25.5 Å². The standard InChI is InChI=1S/C12H17BrFN3.HI/c1-3-8(2)17-12(15)16-7-9-4-5-10(13)6-11(9)14;/h4-6,8H,3,7H2,1-2H3,(H3,15,16,17);1H. The summed E-state index contributed by atoms with van der Waals surface area (Å²) in [7, 11) is 0. The summed E-state index contributed by atoms with van der Waals surface area (Å²) in [4.78, 5) is 4.10. The van der Waals surface area contributed by atoms with Crippen molar-refractivity contribution in [3.63, 3.8) is 0 Å².